The van der Waals surface area contributed by atoms with E-state index in [9.17, 15) is 8.78 Å². The van der Waals surface area contributed by atoms with Gasteiger partial charge in [0.15, 0.2) is 11.5 Å². The average molecular weight is 174 g/mol. The Balaban J connectivity index is 2.43. The second kappa shape index (κ2) is 2.00. The van der Waals surface area contributed by atoms with Crippen LogP contribution in [0.1, 0.15) is 0 Å². The van der Waals surface area contributed by atoms with E-state index in [1.165, 1.54) is 12.1 Å². The number of rotatable bonds is 0. The molecule has 0 saturated carbocycles. The van der Waals surface area contributed by atoms with Crippen LogP contribution < -0.4 is 9.47 Å². The van der Waals surface area contributed by atoms with Crippen molar-refractivity contribution < 1.29 is 23.4 Å². The number of halogens is 2. The quantitative estimate of drug-likeness (QED) is 0.650. The molecule has 3 nitrogen and oxygen atoms in total. The Morgan fingerprint density at radius 1 is 1.17 bits per heavy atom. The highest BCUT2D eigenvalue weighted by molar-refractivity contribution is 5.46. The number of hydrogen-bond acceptors (Lipinski definition) is 3. The molecule has 1 aromatic rings. The lowest BCUT2D eigenvalue weighted by atomic mass is 10.3. The van der Waals surface area contributed by atoms with Gasteiger partial charge < -0.3 is 14.6 Å². The van der Waals surface area contributed by atoms with Gasteiger partial charge in [-0.05, 0) is 12.1 Å². The van der Waals surface area contributed by atoms with Crippen molar-refractivity contribution in [2.45, 2.75) is 6.29 Å². The highest BCUT2D eigenvalue weighted by Gasteiger charge is 2.43. The van der Waals surface area contributed by atoms with Gasteiger partial charge >= 0.3 is 6.29 Å². The van der Waals surface area contributed by atoms with Gasteiger partial charge in [-0.3, -0.25) is 0 Å². The summed E-state index contributed by atoms with van der Waals surface area (Å²) in [5, 5.41) is 8.89. The number of aromatic hydroxyl groups is 1. The minimum absolute atomic E-state index is 0.0715. The number of hydrogen-bond donors (Lipinski definition) is 1. The molecule has 0 radical (unpaired) electrons. The Bertz CT molecular complexity index is 324. The molecule has 0 bridgehead atoms. The molecule has 1 N–H and O–H groups in total. The Morgan fingerprint density at radius 2 is 1.83 bits per heavy atom. The third kappa shape index (κ3) is 1.03. The van der Waals surface area contributed by atoms with Gasteiger partial charge in [-0.2, -0.15) is 0 Å². The van der Waals surface area contributed by atoms with E-state index < -0.39 is 6.29 Å². The standard InChI is InChI=1S/C7H4F2O3/c8-7(9)11-5-2-1-4(10)3-6(5)12-7/h1-3,10H. The summed E-state index contributed by atoms with van der Waals surface area (Å²) in [6.45, 7) is 0. The maximum Gasteiger partial charge on any atom is 0.586 e. The first-order chi connectivity index (χ1) is 5.57. The van der Waals surface area contributed by atoms with Crippen LogP contribution in [0.4, 0.5) is 8.78 Å². The Hall–Kier alpha value is -1.52. The highest BCUT2D eigenvalue weighted by atomic mass is 19.3. The maximum absolute atomic E-state index is 12.3. The van der Waals surface area contributed by atoms with Crippen molar-refractivity contribution in [3.8, 4) is 17.2 Å². The van der Waals surface area contributed by atoms with Crippen LogP contribution in [0, 0.1) is 0 Å². The van der Waals surface area contributed by atoms with Crippen molar-refractivity contribution in [3.63, 3.8) is 0 Å². The molecule has 0 amide bonds. The fraction of sp³-hybridized carbons (Fsp3) is 0.143. The van der Waals surface area contributed by atoms with Crippen molar-refractivity contribution in [1.29, 1.82) is 0 Å². The zero-order valence-corrected chi connectivity index (χ0v) is 5.75. The first kappa shape index (κ1) is 7.15. The van der Waals surface area contributed by atoms with E-state index in [2.05, 4.69) is 9.47 Å². The number of alkyl halides is 2. The van der Waals surface area contributed by atoms with E-state index in [4.69, 9.17) is 5.11 Å². The molecule has 0 unspecified atom stereocenters. The fourth-order valence-electron chi connectivity index (χ4n) is 0.938. The monoisotopic (exact) mass is 174 g/mol. The Morgan fingerprint density at radius 3 is 2.58 bits per heavy atom. The third-order valence-corrected chi connectivity index (χ3v) is 1.38. The lowest BCUT2D eigenvalue weighted by molar-refractivity contribution is -0.286. The number of phenols is 1. The van der Waals surface area contributed by atoms with Gasteiger partial charge in [0.05, 0.1) is 0 Å². The molecule has 5 heteroatoms. The van der Waals surface area contributed by atoms with Gasteiger partial charge in [-0.1, -0.05) is 0 Å². The predicted molar refractivity (Wildman–Crippen MR) is 34.3 cm³/mol. The molecule has 1 aliphatic heterocycles. The molecule has 0 spiro atoms. The molecular weight excluding hydrogens is 170 g/mol. The van der Waals surface area contributed by atoms with Crippen LogP contribution in [0.25, 0.3) is 0 Å². The van der Waals surface area contributed by atoms with E-state index in [1.54, 1.807) is 0 Å². The summed E-state index contributed by atoms with van der Waals surface area (Å²) >= 11 is 0. The molecule has 1 aromatic carbocycles. The predicted octanol–water partition coefficient (Wildman–Crippen LogP) is 1.71. The summed E-state index contributed by atoms with van der Waals surface area (Å²) in [7, 11) is 0. The summed E-state index contributed by atoms with van der Waals surface area (Å²) in [5.74, 6) is -0.368. The van der Waals surface area contributed by atoms with Gasteiger partial charge in [0.2, 0.25) is 0 Å². The van der Waals surface area contributed by atoms with Gasteiger partial charge in [-0.25, -0.2) is 0 Å². The van der Waals surface area contributed by atoms with Gasteiger partial charge in [0, 0.05) is 6.07 Å². The molecule has 12 heavy (non-hydrogen) atoms. The van der Waals surface area contributed by atoms with Gasteiger partial charge in [0.25, 0.3) is 0 Å². The van der Waals surface area contributed by atoms with E-state index in [-0.39, 0.29) is 17.2 Å². The SMILES string of the molecule is Oc1ccc2c(c1)OC(F)(F)O2. The van der Waals surface area contributed by atoms with Crippen LogP contribution in [0.15, 0.2) is 18.2 Å². The lowest BCUT2D eigenvalue weighted by Gasteiger charge is -2.04. The van der Waals surface area contributed by atoms with E-state index in [0.717, 1.165) is 6.07 Å². The molecule has 1 aliphatic rings. The molecule has 0 atom stereocenters. The number of benzene rings is 1. The van der Waals surface area contributed by atoms with E-state index in [1.807, 2.05) is 0 Å². The van der Waals surface area contributed by atoms with Crippen LogP contribution in [0.3, 0.4) is 0 Å². The first-order valence-corrected chi connectivity index (χ1v) is 3.16. The molecule has 1 heterocycles. The molecule has 0 aromatic heterocycles. The fourth-order valence-corrected chi connectivity index (χ4v) is 0.938. The van der Waals surface area contributed by atoms with Crippen LogP contribution in [0.2, 0.25) is 0 Å². The van der Waals surface area contributed by atoms with Crippen LogP contribution in [0.5, 0.6) is 17.2 Å². The van der Waals surface area contributed by atoms with Crippen molar-refractivity contribution >= 4 is 0 Å². The molecule has 0 fully saturated rings. The summed E-state index contributed by atoms with van der Waals surface area (Å²) in [5.41, 5.74) is 0. The normalized spacial score (nSPS) is 17.8. The summed E-state index contributed by atoms with van der Waals surface area (Å²) in [4.78, 5) is 0. The first-order valence-electron chi connectivity index (χ1n) is 3.16. The molecule has 2 rings (SSSR count). The molecule has 64 valence electrons. The van der Waals surface area contributed by atoms with E-state index >= 15 is 0 Å². The molecule has 0 saturated heterocycles. The van der Waals surface area contributed by atoms with Crippen molar-refractivity contribution in [1.82, 2.24) is 0 Å². The van der Waals surface area contributed by atoms with Crippen LogP contribution in [-0.2, 0) is 0 Å². The highest BCUT2D eigenvalue weighted by Crippen LogP contribution is 2.42. The number of ether oxygens (including phenoxy) is 2. The maximum atomic E-state index is 12.3. The zero-order valence-electron chi connectivity index (χ0n) is 5.75. The van der Waals surface area contributed by atoms with Gasteiger partial charge in [0.1, 0.15) is 5.75 Å². The summed E-state index contributed by atoms with van der Waals surface area (Å²) in [6.07, 6.45) is -3.61. The van der Waals surface area contributed by atoms with Crippen molar-refractivity contribution in [2.75, 3.05) is 0 Å². The summed E-state index contributed by atoms with van der Waals surface area (Å²) in [6, 6.07) is 3.52. The van der Waals surface area contributed by atoms with Gasteiger partial charge in [-0.15, -0.1) is 8.78 Å². The smallest absolute Gasteiger partial charge is 0.508 e. The molecular formula is C7H4F2O3. The van der Waals surface area contributed by atoms with Crippen molar-refractivity contribution in [3.05, 3.63) is 18.2 Å². The number of fused-ring (bicyclic) bond motifs is 1. The zero-order chi connectivity index (χ0) is 8.77. The Kier molecular flexibility index (Phi) is 1.19. The van der Waals surface area contributed by atoms with E-state index in [0.29, 0.717) is 0 Å². The summed E-state index contributed by atoms with van der Waals surface area (Å²) < 4.78 is 32.8. The minimum atomic E-state index is -3.61. The third-order valence-electron chi connectivity index (χ3n) is 1.38. The van der Waals surface area contributed by atoms with Crippen LogP contribution in [-0.4, -0.2) is 11.4 Å². The Labute approximate surface area is 66.1 Å². The second-order valence-electron chi connectivity index (χ2n) is 2.30. The second-order valence-corrected chi connectivity index (χ2v) is 2.30. The minimum Gasteiger partial charge on any atom is -0.508 e. The molecule has 0 aliphatic carbocycles. The number of phenolic OH excluding ortho intramolecular Hbond substituents is 1. The van der Waals surface area contributed by atoms with Crippen molar-refractivity contribution in [2.24, 2.45) is 0 Å². The topological polar surface area (TPSA) is 38.7 Å². The van der Waals surface area contributed by atoms with Crippen LogP contribution >= 0.6 is 0 Å². The lowest BCUT2D eigenvalue weighted by Crippen LogP contribution is -2.25. The largest absolute Gasteiger partial charge is 0.586 e. The average Bonchev–Trinajstić information content (AvgIpc) is 2.21.